The first-order valence-electron chi connectivity index (χ1n) is 5.45. The van der Waals surface area contributed by atoms with Crippen molar-refractivity contribution in [3.8, 4) is 5.75 Å². The first-order valence-corrected chi connectivity index (χ1v) is 6.24. The third-order valence-electron chi connectivity index (χ3n) is 2.58. The molecule has 1 aliphatic rings. The Labute approximate surface area is 117 Å². The van der Waals surface area contributed by atoms with E-state index in [2.05, 4.69) is 15.9 Å². The molecule has 1 heterocycles. The maximum atomic E-state index is 12.0. The summed E-state index contributed by atoms with van der Waals surface area (Å²) >= 11 is 3.20. The van der Waals surface area contributed by atoms with E-state index < -0.39 is 17.8 Å². The number of carbonyl (C=O) groups excluding carboxylic acids is 3. The number of carbonyl (C=O) groups is 3. The molecule has 2 amide bonds. The molecule has 1 saturated heterocycles. The molecule has 100 valence electrons. The summed E-state index contributed by atoms with van der Waals surface area (Å²) in [5, 5.41) is 0.501. The molecule has 2 rings (SSSR count). The lowest BCUT2D eigenvalue weighted by Crippen LogP contribution is -2.32. The highest BCUT2D eigenvalue weighted by atomic mass is 79.9. The molecule has 6 nitrogen and oxygen atoms in total. The van der Waals surface area contributed by atoms with Gasteiger partial charge in [-0.05, 0) is 28.1 Å². The van der Waals surface area contributed by atoms with Gasteiger partial charge in [-0.1, -0.05) is 6.07 Å². The molecule has 1 aromatic rings. The van der Waals surface area contributed by atoms with Crippen molar-refractivity contribution in [1.29, 1.82) is 0 Å². The molecule has 0 atom stereocenters. The zero-order valence-electron chi connectivity index (χ0n) is 10.0. The summed E-state index contributed by atoms with van der Waals surface area (Å²) in [6, 6.07) is 4.90. The Morgan fingerprint density at radius 1 is 1.26 bits per heavy atom. The van der Waals surface area contributed by atoms with E-state index in [4.69, 9.17) is 9.57 Å². The number of rotatable bonds is 3. The van der Waals surface area contributed by atoms with Gasteiger partial charge in [0.25, 0.3) is 11.8 Å². The second-order valence-electron chi connectivity index (χ2n) is 3.78. The molecule has 1 aromatic carbocycles. The van der Waals surface area contributed by atoms with Crippen molar-refractivity contribution in [2.24, 2.45) is 0 Å². The fourth-order valence-corrected chi connectivity index (χ4v) is 2.17. The lowest BCUT2D eigenvalue weighted by molar-refractivity contribution is -0.172. The molecule has 0 saturated carbocycles. The maximum absolute atomic E-state index is 12.0. The third kappa shape index (κ3) is 2.60. The summed E-state index contributed by atoms with van der Waals surface area (Å²) in [7, 11) is 1.41. The van der Waals surface area contributed by atoms with E-state index in [9.17, 15) is 14.4 Å². The monoisotopic (exact) mass is 327 g/mol. The van der Waals surface area contributed by atoms with E-state index in [1.165, 1.54) is 7.11 Å². The van der Waals surface area contributed by atoms with Crippen LogP contribution >= 0.6 is 15.9 Å². The summed E-state index contributed by atoms with van der Waals surface area (Å²) < 4.78 is 5.50. The first kappa shape index (κ1) is 13.5. The second-order valence-corrected chi connectivity index (χ2v) is 4.63. The predicted octanol–water partition coefficient (Wildman–Crippen LogP) is 1.68. The molecule has 0 spiro atoms. The standard InChI is InChI=1S/C12H10BrNO5/c1-18-8-4-2-3-7(13)11(8)12(17)19-14-9(15)5-6-10(14)16/h2-4H,5-6H2,1H3. The Hall–Kier alpha value is -1.89. The number of benzene rings is 1. The smallest absolute Gasteiger partial charge is 0.368 e. The molecule has 0 unspecified atom stereocenters. The zero-order chi connectivity index (χ0) is 14.0. The Morgan fingerprint density at radius 2 is 1.89 bits per heavy atom. The maximum Gasteiger partial charge on any atom is 0.368 e. The Balaban J connectivity index is 2.25. The van der Waals surface area contributed by atoms with Crippen LogP contribution in [0.3, 0.4) is 0 Å². The first-order chi connectivity index (χ1) is 9.04. The van der Waals surface area contributed by atoms with Gasteiger partial charge in [0, 0.05) is 17.3 Å². The van der Waals surface area contributed by atoms with Gasteiger partial charge in [0.2, 0.25) is 0 Å². The minimum absolute atomic E-state index is 0.0548. The van der Waals surface area contributed by atoms with Crippen LogP contribution in [-0.4, -0.2) is 30.0 Å². The van der Waals surface area contributed by atoms with Crippen LogP contribution in [0.2, 0.25) is 0 Å². The number of hydrogen-bond donors (Lipinski definition) is 0. The average molecular weight is 328 g/mol. The fourth-order valence-electron chi connectivity index (χ4n) is 1.66. The van der Waals surface area contributed by atoms with Crippen LogP contribution in [0.15, 0.2) is 22.7 Å². The number of hydrogen-bond acceptors (Lipinski definition) is 5. The SMILES string of the molecule is COc1cccc(Br)c1C(=O)ON1C(=O)CCC1=O. The van der Waals surface area contributed by atoms with Gasteiger partial charge >= 0.3 is 5.97 Å². The molecule has 0 aliphatic carbocycles. The van der Waals surface area contributed by atoms with Crippen molar-refractivity contribution in [3.63, 3.8) is 0 Å². The highest BCUT2D eigenvalue weighted by Gasteiger charge is 2.34. The van der Waals surface area contributed by atoms with Crippen LogP contribution < -0.4 is 4.74 Å². The summed E-state index contributed by atoms with van der Waals surface area (Å²) in [6.45, 7) is 0. The molecule has 0 radical (unpaired) electrons. The summed E-state index contributed by atoms with van der Waals surface area (Å²) in [4.78, 5) is 39.6. The lowest BCUT2D eigenvalue weighted by atomic mass is 10.2. The summed E-state index contributed by atoms with van der Waals surface area (Å²) in [5.74, 6) is -1.58. The number of amides is 2. The van der Waals surface area contributed by atoms with E-state index in [0.717, 1.165) is 0 Å². The molecular formula is C12H10BrNO5. The number of hydroxylamine groups is 2. The Bertz CT molecular complexity index is 541. The van der Waals surface area contributed by atoms with Gasteiger partial charge < -0.3 is 9.57 Å². The predicted molar refractivity (Wildman–Crippen MR) is 67.2 cm³/mol. The van der Waals surface area contributed by atoms with E-state index >= 15 is 0 Å². The minimum Gasteiger partial charge on any atom is -0.496 e. The Morgan fingerprint density at radius 3 is 2.47 bits per heavy atom. The lowest BCUT2D eigenvalue weighted by Gasteiger charge is -2.14. The van der Waals surface area contributed by atoms with E-state index in [1.807, 2.05) is 0 Å². The van der Waals surface area contributed by atoms with E-state index in [1.54, 1.807) is 18.2 Å². The fraction of sp³-hybridized carbons (Fsp3) is 0.250. The normalized spacial score (nSPS) is 14.7. The van der Waals surface area contributed by atoms with Gasteiger partial charge in [-0.15, -0.1) is 5.06 Å². The number of methoxy groups -OCH3 is 1. The molecule has 7 heteroatoms. The van der Waals surface area contributed by atoms with Gasteiger partial charge in [-0.25, -0.2) is 4.79 Å². The van der Waals surface area contributed by atoms with Crippen LogP contribution in [0.25, 0.3) is 0 Å². The van der Waals surface area contributed by atoms with Crippen LogP contribution in [0.5, 0.6) is 5.75 Å². The second kappa shape index (κ2) is 5.40. The van der Waals surface area contributed by atoms with Crippen LogP contribution in [0.1, 0.15) is 23.2 Å². The molecule has 0 aromatic heterocycles. The van der Waals surface area contributed by atoms with E-state index in [-0.39, 0.29) is 18.4 Å². The molecule has 19 heavy (non-hydrogen) atoms. The van der Waals surface area contributed by atoms with Crippen LogP contribution in [-0.2, 0) is 14.4 Å². The van der Waals surface area contributed by atoms with Crippen LogP contribution in [0, 0.1) is 0 Å². The van der Waals surface area contributed by atoms with E-state index in [0.29, 0.717) is 15.3 Å². The van der Waals surface area contributed by atoms with Gasteiger partial charge in [0.1, 0.15) is 11.3 Å². The zero-order valence-corrected chi connectivity index (χ0v) is 11.6. The third-order valence-corrected chi connectivity index (χ3v) is 3.24. The van der Waals surface area contributed by atoms with Crippen molar-refractivity contribution in [1.82, 2.24) is 5.06 Å². The molecule has 0 N–H and O–H groups in total. The average Bonchev–Trinajstić information content (AvgIpc) is 2.70. The summed E-state index contributed by atoms with van der Waals surface area (Å²) in [5.41, 5.74) is 0.123. The molecule has 1 aliphatic heterocycles. The molecule has 0 bridgehead atoms. The van der Waals surface area contributed by atoms with Crippen molar-refractivity contribution in [3.05, 3.63) is 28.2 Å². The van der Waals surface area contributed by atoms with Gasteiger partial charge in [0.05, 0.1) is 7.11 Å². The number of nitrogens with zero attached hydrogens (tertiary/aromatic N) is 1. The number of halogens is 1. The summed E-state index contributed by atoms with van der Waals surface area (Å²) in [6.07, 6.45) is 0.110. The molecule has 1 fully saturated rings. The number of ether oxygens (including phenoxy) is 1. The van der Waals surface area contributed by atoms with Gasteiger partial charge in [-0.2, -0.15) is 0 Å². The van der Waals surface area contributed by atoms with Crippen molar-refractivity contribution in [2.45, 2.75) is 12.8 Å². The quantitative estimate of drug-likeness (QED) is 0.790. The van der Waals surface area contributed by atoms with Gasteiger partial charge in [-0.3, -0.25) is 9.59 Å². The topological polar surface area (TPSA) is 72.9 Å². The van der Waals surface area contributed by atoms with Crippen LogP contribution in [0.4, 0.5) is 0 Å². The van der Waals surface area contributed by atoms with Crippen molar-refractivity contribution < 1.29 is 24.0 Å². The largest absolute Gasteiger partial charge is 0.496 e. The minimum atomic E-state index is -0.826. The van der Waals surface area contributed by atoms with Gasteiger partial charge in [0.15, 0.2) is 0 Å². The van der Waals surface area contributed by atoms with Crippen molar-refractivity contribution >= 4 is 33.7 Å². The Kier molecular flexibility index (Phi) is 3.84. The number of imide groups is 1. The highest BCUT2D eigenvalue weighted by molar-refractivity contribution is 9.10. The van der Waals surface area contributed by atoms with Crippen molar-refractivity contribution in [2.75, 3.05) is 7.11 Å². The molecular weight excluding hydrogens is 318 g/mol. The highest BCUT2D eigenvalue weighted by Crippen LogP contribution is 2.28.